The number of benzene rings is 1. The maximum atomic E-state index is 6.40. The molecule has 2 rings (SSSR count). The highest BCUT2D eigenvalue weighted by atomic mass is 35.5. The Morgan fingerprint density at radius 2 is 1.76 bits per heavy atom. The molecule has 0 aliphatic carbocycles. The molecule has 0 aliphatic rings. The molecule has 3 heteroatoms. The Kier molecular flexibility index (Phi) is 4.08. The summed E-state index contributed by atoms with van der Waals surface area (Å²) in [5.74, 6) is 0.887. The zero-order valence-corrected chi connectivity index (χ0v) is 11.5. The van der Waals surface area contributed by atoms with E-state index in [1.807, 2.05) is 43.5 Å². The number of alkyl halides is 1. The molecule has 1 atom stereocenters. The first-order chi connectivity index (χ1) is 8.16. The summed E-state index contributed by atoms with van der Waals surface area (Å²) in [5.41, 5.74) is 2.25. The fourth-order valence-corrected chi connectivity index (χ4v) is 2.64. The van der Waals surface area contributed by atoms with Crippen molar-refractivity contribution in [3.63, 3.8) is 0 Å². The molecule has 0 radical (unpaired) electrons. The van der Waals surface area contributed by atoms with Crippen molar-refractivity contribution in [2.45, 2.75) is 25.3 Å². The molecule has 2 aromatic rings. The normalized spacial score (nSPS) is 12.7. The molecule has 17 heavy (non-hydrogen) atoms. The van der Waals surface area contributed by atoms with Gasteiger partial charge in [-0.3, -0.25) is 0 Å². The fourth-order valence-electron chi connectivity index (χ4n) is 1.60. The first-order valence-corrected chi connectivity index (χ1v) is 6.97. The lowest BCUT2D eigenvalue weighted by molar-refractivity contribution is 0.242. The van der Waals surface area contributed by atoms with Crippen molar-refractivity contribution < 1.29 is 4.74 Å². The van der Waals surface area contributed by atoms with E-state index in [9.17, 15) is 0 Å². The molecule has 1 heterocycles. The summed E-state index contributed by atoms with van der Waals surface area (Å²) in [5, 5.41) is 4.05. The van der Waals surface area contributed by atoms with Crippen LogP contribution in [0.2, 0.25) is 0 Å². The lowest BCUT2D eigenvalue weighted by atomic mass is 10.1. The van der Waals surface area contributed by atoms with E-state index in [0.29, 0.717) is 0 Å². The molecule has 1 unspecified atom stereocenters. The van der Waals surface area contributed by atoms with Gasteiger partial charge in [-0.05, 0) is 53.9 Å². The van der Waals surface area contributed by atoms with Crippen LogP contribution in [0.25, 0.3) is 0 Å². The van der Waals surface area contributed by atoms with Crippen molar-refractivity contribution in [1.29, 1.82) is 0 Å². The minimum absolute atomic E-state index is 0.0747. The van der Waals surface area contributed by atoms with Crippen LogP contribution < -0.4 is 4.74 Å². The smallest absolute Gasteiger partial charge is 0.119 e. The van der Waals surface area contributed by atoms with Gasteiger partial charge in [-0.2, -0.15) is 11.3 Å². The first kappa shape index (κ1) is 12.5. The molecule has 0 saturated carbocycles. The third-order valence-corrected chi connectivity index (χ3v) is 3.59. The third-order valence-electron chi connectivity index (χ3n) is 2.38. The molecule has 0 spiro atoms. The molecule has 0 bridgehead atoms. The number of hydrogen-bond acceptors (Lipinski definition) is 2. The second-order valence-corrected chi connectivity index (χ2v) is 5.37. The minimum atomic E-state index is -0.0747. The minimum Gasteiger partial charge on any atom is -0.491 e. The predicted octanol–water partition coefficient (Wildman–Crippen LogP) is 4.86. The zero-order valence-electron chi connectivity index (χ0n) is 9.89. The van der Waals surface area contributed by atoms with E-state index in [0.717, 1.165) is 16.9 Å². The van der Waals surface area contributed by atoms with Crippen molar-refractivity contribution in [3.8, 4) is 5.75 Å². The van der Waals surface area contributed by atoms with Crippen LogP contribution in [0.3, 0.4) is 0 Å². The van der Waals surface area contributed by atoms with Gasteiger partial charge in [0.05, 0.1) is 11.5 Å². The van der Waals surface area contributed by atoms with Crippen LogP contribution in [0.5, 0.6) is 5.75 Å². The van der Waals surface area contributed by atoms with E-state index in [2.05, 4.69) is 11.4 Å². The van der Waals surface area contributed by atoms with Gasteiger partial charge < -0.3 is 4.74 Å². The van der Waals surface area contributed by atoms with Gasteiger partial charge in [-0.1, -0.05) is 12.1 Å². The SMILES string of the molecule is CC(C)Oc1ccc(C(Cl)c2ccsc2)cc1. The molecule has 0 fully saturated rings. The Labute approximate surface area is 111 Å². The molecule has 1 aromatic heterocycles. The molecule has 1 aromatic carbocycles. The summed E-state index contributed by atoms with van der Waals surface area (Å²) in [6, 6.07) is 10.0. The van der Waals surface area contributed by atoms with Gasteiger partial charge in [0.15, 0.2) is 0 Å². The van der Waals surface area contributed by atoms with Gasteiger partial charge in [0.2, 0.25) is 0 Å². The Hall–Kier alpha value is -0.990. The molecule has 0 aliphatic heterocycles. The summed E-state index contributed by atoms with van der Waals surface area (Å²) >= 11 is 8.06. The van der Waals surface area contributed by atoms with Crippen molar-refractivity contribution in [2.24, 2.45) is 0 Å². The van der Waals surface area contributed by atoms with Gasteiger partial charge >= 0.3 is 0 Å². The Bertz CT molecular complexity index is 448. The maximum absolute atomic E-state index is 6.40. The molecule has 1 nitrogen and oxygen atoms in total. The topological polar surface area (TPSA) is 9.23 Å². The van der Waals surface area contributed by atoms with Crippen molar-refractivity contribution >= 4 is 22.9 Å². The molecular formula is C14H15ClOS. The van der Waals surface area contributed by atoms with E-state index in [1.165, 1.54) is 0 Å². The molecule has 0 amide bonds. The van der Waals surface area contributed by atoms with Gasteiger partial charge in [0, 0.05) is 0 Å². The van der Waals surface area contributed by atoms with Crippen molar-refractivity contribution in [1.82, 2.24) is 0 Å². The largest absolute Gasteiger partial charge is 0.491 e. The van der Waals surface area contributed by atoms with Crippen molar-refractivity contribution in [3.05, 3.63) is 52.2 Å². The predicted molar refractivity (Wildman–Crippen MR) is 74.2 cm³/mol. The number of thiophene rings is 1. The van der Waals surface area contributed by atoms with Crippen LogP contribution in [-0.4, -0.2) is 6.10 Å². The van der Waals surface area contributed by atoms with Crippen LogP contribution in [0.1, 0.15) is 30.4 Å². The second-order valence-electron chi connectivity index (χ2n) is 4.15. The summed E-state index contributed by atoms with van der Waals surface area (Å²) in [6.45, 7) is 4.03. The molecular weight excluding hydrogens is 252 g/mol. The van der Waals surface area contributed by atoms with Crippen LogP contribution >= 0.6 is 22.9 Å². The van der Waals surface area contributed by atoms with Crippen LogP contribution in [-0.2, 0) is 0 Å². The highest BCUT2D eigenvalue weighted by molar-refractivity contribution is 7.08. The summed E-state index contributed by atoms with van der Waals surface area (Å²) < 4.78 is 5.60. The summed E-state index contributed by atoms with van der Waals surface area (Å²) in [6.07, 6.45) is 0.199. The quantitative estimate of drug-likeness (QED) is 0.718. The molecule has 0 saturated heterocycles. The van der Waals surface area contributed by atoms with Crippen LogP contribution in [0, 0.1) is 0 Å². The lowest BCUT2D eigenvalue weighted by Crippen LogP contribution is -2.05. The highest BCUT2D eigenvalue weighted by Gasteiger charge is 2.11. The van der Waals surface area contributed by atoms with E-state index >= 15 is 0 Å². The van der Waals surface area contributed by atoms with Crippen molar-refractivity contribution in [2.75, 3.05) is 0 Å². The van der Waals surface area contributed by atoms with E-state index < -0.39 is 0 Å². The molecule has 90 valence electrons. The summed E-state index contributed by atoms with van der Waals surface area (Å²) in [7, 11) is 0. The number of ether oxygens (including phenoxy) is 1. The number of rotatable bonds is 4. The zero-order chi connectivity index (χ0) is 12.3. The van der Waals surface area contributed by atoms with E-state index in [4.69, 9.17) is 16.3 Å². The lowest BCUT2D eigenvalue weighted by Gasteiger charge is -2.12. The van der Waals surface area contributed by atoms with Crippen LogP contribution in [0.4, 0.5) is 0 Å². The second kappa shape index (κ2) is 5.56. The monoisotopic (exact) mass is 266 g/mol. The van der Waals surface area contributed by atoms with Gasteiger partial charge in [0.1, 0.15) is 5.75 Å². The van der Waals surface area contributed by atoms with Crippen LogP contribution in [0.15, 0.2) is 41.1 Å². The Balaban J connectivity index is 2.12. The Morgan fingerprint density at radius 1 is 1.06 bits per heavy atom. The highest BCUT2D eigenvalue weighted by Crippen LogP contribution is 2.31. The Morgan fingerprint density at radius 3 is 2.29 bits per heavy atom. The van der Waals surface area contributed by atoms with Gasteiger partial charge in [0.25, 0.3) is 0 Å². The standard InChI is InChI=1S/C14H15ClOS/c1-10(2)16-13-5-3-11(4-6-13)14(15)12-7-8-17-9-12/h3-10,14H,1-2H3. The number of halogens is 1. The third kappa shape index (κ3) is 3.24. The van der Waals surface area contributed by atoms with E-state index in [1.54, 1.807) is 11.3 Å². The number of hydrogen-bond donors (Lipinski definition) is 0. The van der Waals surface area contributed by atoms with Gasteiger partial charge in [-0.25, -0.2) is 0 Å². The summed E-state index contributed by atoms with van der Waals surface area (Å²) in [4.78, 5) is 0. The average Bonchev–Trinajstić information content (AvgIpc) is 2.82. The maximum Gasteiger partial charge on any atom is 0.119 e. The fraction of sp³-hybridized carbons (Fsp3) is 0.286. The molecule has 0 N–H and O–H groups in total. The van der Waals surface area contributed by atoms with Gasteiger partial charge in [-0.15, -0.1) is 11.6 Å². The first-order valence-electron chi connectivity index (χ1n) is 5.59. The van der Waals surface area contributed by atoms with E-state index in [-0.39, 0.29) is 11.5 Å². The average molecular weight is 267 g/mol.